The van der Waals surface area contributed by atoms with Crippen LogP contribution in [0.5, 0.6) is 0 Å². The average molecular weight is 389 g/mol. The van der Waals surface area contributed by atoms with E-state index in [1.54, 1.807) is 31.3 Å². The Labute approximate surface area is 157 Å². The number of carbonyl (C=O) groups is 2. The number of nitrogens with zero attached hydrogens (tertiary/aromatic N) is 3. The zero-order chi connectivity index (χ0) is 20.2. The van der Waals surface area contributed by atoms with Gasteiger partial charge in [-0.2, -0.15) is 18.3 Å². The highest BCUT2D eigenvalue weighted by Crippen LogP contribution is 2.41. The van der Waals surface area contributed by atoms with Gasteiger partial charge in [0.05, 0.1) is 24.2 Å². The molecule has 0 N–H and O–H groups in total. The van der Waals surface area contributed by atoms with Crippen LogP contribution in [0, 0.1) is 0 Å². The lowest BCUT2D eigenvalue weighted by molar-refractivity contribution is -0.143. The number of halogens is 3. The Morgan fingerprint density at radius 3 is 2.57 bits per heavy atom. The molecule has 1 aliphatic heterocycles. The summed E-state index contributed by atoms with van der Waals surface area (Å²) in [5.41, 5.74) is -0.754. The molecular weight excluding hydrogens is 375 g/mol. The maximum atomic E-state index is 13.8. The number of alkyl halides is 3. The fraction of sp³-hybridized carbons (Fsp3) is 0.211. The fourth-order valence-corrected chi connectivity index (χ4v) is 3.47. The van der Waals surface area contributed by atoms with Crippen molar-refractivity contribution in [2.24, 2.45) is 0 Å². The van der Waals surface area contributed by atoms with E-state index in [1.807, 2.05) is 0 Å². The molecule has 0 bridgehead atoms. The summed E-state index contributed by atoms with van der Waals surface area (Å²) in [6, 6.07) is 7.87. The van der Waals surface area contributed by atoms with Crippen LogP contribution in [0.4, 0.5) is 18.9 Å². The molecule has 9 heteroatoms. The molecule has 3 aromatic rings. The van der Waals surface area contributed by atoms with Crippen LogP contribution in [0.1, 0.15) is 33.3 Å². The topological polar surface area (TPSA) is 64.4 Å². The summed E-state index contributed by atoms with van der Waals surface area (Å²) in [5.74, 6) is -1.33. The van der Waals surface area contributed by atoms with E-state index in [9.17, 15) is 22.8 Å². The third-order valence-corrected chi connectivity index (χ3v) is 4.65. The highest BCUT2D eigenvalue weighted by molar-refractivity contribution is 6.25. The lowest BCUT2D eigenvalue weighted by Crippen LogP contribution is -2.20. The molecule has 0 saturated heterocycles. The zero-order valence-corrected chi connectivity index (χ0v) is 14.9. The maximum Gasteiger partial charge on any atom is 0.434 e. The Hall–Kier alpha value is -3.36. The Morgan fingerprint density at radius 2 is 1.89 bits per heavy atom. The number of esters is 1. The quantitative estimate of drug-likeness (QED) is 0.639. The van der Waals surface area contributed by atoms with Crippen molar-refractivity contribution in [3.05, 3.63) is 53.3 Å². The fourth-order valence-electron chi connectivity index (χ4n) is 3.47. The van der Waals surface area contributed by atoms with Gasteiger partial charge in [0.1, 0.15) is 5.56 Å². The minimum atomic E-state index is -4.84. The first-order valence-corrected chi connectivity index (χ1v) is 8.42. The van der Waals surface area contributed by atoms with Crippen LogP contribution in [0.15, 0.2) is 36.5 Å². The van der Waals surface area contributed by atoms with Crippen LogP contribution >= 0.6 is 0 Å². The van der Waals surface area contributed by atoms with E-state index >= 15 is 0 Å². The van der Waals surface area contributed by atoms with Crippen LogP contribution < -0.4 is 4.90 Å². The number of rotatable bonds is 3. The Kier molecular flexibility index (Phi) is 3.91. The Bertz CT molecular complexity index is 1130. The van der Waals surface area contributed by atoms with Crippen molar-refractivity contribution in [1.29, 1.82) is 0 Å². The van der Waals surface area contributed by atoms with Crippen LogP contribution in [-0.2, 0) is 10.9 Å². The molecule has 1 amide bonds. The zero-order valence-electron chi connectivity index (χ0n) is 14.9. The largest absolute Gasteiger partial charge is 0.462 e. The van der Waals surface area contributed by atoms with E-state index in [2.05, 4.69) is 5.10 Å². The van der Waals surface area contributed by atoms with Gasteiger partial charge in [-0.3, -0.25) is 4.79 Å². The summed E-state index contributed by atoms with van der Waals surface area (Å²) >= 11 is 0. The van der Waals surface area contributed by atoms with Gasteiger partial charge in [0.15, 0.2) is 5.69 Å². The van der Waals surface area contributed by atoms with Crippen LogP contribution in [0.3, 0.4) is 0 Å². The molecule has 2 aromatic carbocycles. The average Bonchev–Trinajstić information content (AvgIpc) is 3.20. The van der Waals surface area contributed by atoms with Gasteiger partial charge in [0.25, 0.3) is 5.91 Å². The van der Waals surface area contributed by atoms with E-state index in [0.29, 0.717) is 26.7 Å². The van der Waals surface area contributed by atoms with Crippen molar-refractivity contribution in [3.63, 3.8) is 0 Å². The van der Waals surface area contributed by atoms with Gasteiger partial charge in [-0.05, 0) is 25.1 Å². The van der Waals surface area contributed by atoms with Crippen molar-refractivity contribution in [2.75, 3.05) is 18.6 Å². The number of aromatic nitrogens is 2. The van der Waals surface area contributed by atoms with Crippen LogP contribution in [-0.4, -0.2) is 35.3 Å². The predicted octanol–water partition coefficient (Wildman–Crippen LogP) is 3.81. The van der Waals surface area contributed by atoms with Gasteiger partial charge >= 0.3 is 12.1 Å². The van der Waals surface area contributed by atoms with Crippen molar-refractivity contribution in [2.45, 2.75) is 13.1 Å². The summed E-state index contributed by atoms with van der Waals surface area (Å²) in [6.45, 7) is 1.45. The molecule has 0 aliphatic carbocycles. The highest BCUT2D eigenvalue weighted by atomic mass is 19.4. The van der Waals surface area contributed by atoms with Crippen molar-refractivity contribution in [1.82, 2.24) is 9.78 Å². The molecule has 0 fully saturated rings. The summed E-state index contributed by atoms with van der Waals surface area (Å²) in [6.07, 6.45) is -3.99. The number of hydrogen-bond donors (Lipinski definition) is 0. The SMILES string of the molecule is CCOC(=O)c1cnn(-c2ccc3c4c(cccc24)C(=O)N3C)c1C(F)(F)F. The lowest BCUT2D eigenvalue weighted by atomic mass is 10.0. The standard InChI is InChI=1S/C19H14F3N3O3/c1-3-28-18(27)12-9-23-25(16(12)19(20,21)22)13-7-8-14-15-10(13)5-4-6-11(15)17(26)24(14)2/h4-9H,3H2,1-2H3. The van der Waals surface area contributed by atoms with Crippen LogP contribution in [0.25, 0.3) is 16.5 Å². The van der Waals surface area contributed by atoms with E-state index in [4.69, 9.17) is 4.74 Å². The number of carbonyl (C=O) groups excluding carboxylic acids is 2. The molecule has 6 nitrogen and oxygen atoms in total. The second-order valence-corrected chi connectivity index (χ2v) is 6.23. The summed E-state index contributed by atoms with van der Waals surface area (Å²) in [7, 11) is 1.60. The van der Waals surface area contributed by atoms with Crippen molar-refractivity contribution in [3.8, 4) is 5.69 Å². The van der Waals surface area contributed by atoms with Crippen molar-refractivity contribution >= 4 is 28.3 Å². The normalized spacial score (nSPS) is 13.5. The van der Waals surface area contributed by atoms with Gasteiger partial charge in [-0.1, -0.05) is 12.1 Å². The minimum Gasteiger partial charge on any atom is -0.462 e. The molecule has 0 atom stereocenters. The van der Waals surface area contributed by atoms with Crippen LogP contribution in [0.2, 0.25) is 0 Å². The molecule has 4 rings (SSSR count). The summed E-state index contributed by atoms with van der Waals surface area (Å²) in [4.78, 5) is 25.8. The molecule has 0 unspecified atom stereocenters. The monoisotopic (exact) mass is 389 g/mol. The number of ether oxygens (including phenoxy) is 1. The van der Waals surface area contributed by atoms with Gasteiger partial charge in [-0.25, -0.2) is 9.48 Å². The van der Waals surface area contributed by atoms with E-state index in [-0.39, 0.29) is 18.2 Å². The molecule has 1 aromatic heterocycles. The third-order valence-electron chi connectivity index (χ3n) is 4.65. The van der Waals surface area contributed by atoms with Gasteiger partial charge in [0, 0.05) is 23.4 Å². The second kappa shape index (κ2) is 6.08. The van der Waals surface area contributed by atoms with E-state index in [1.165, 1.54) is 17.9 Å². The second-order valence-electron chi connectivity index (χ2n) is 6.23. The first-order chi connectivity index (χ1) is 13.3. The molecule has 144 valence electrons. The summed E-state index contributed by atoms with van der Waals surface area (Å²) in [5, 5.41) is 4.80. The molecule has 28 heavy (non-hydrogen) atoms. The van der Waals surface area contributed by atoms with E-state index < -0.39 is 23.4 Å². The number of anilines is 1. The third kappa shape index (κ3) is 2.46. The summed E-state index contributed by atoms with van der Waals surface area (Å²) < 4.78 is 46.8. The lowest BCUT2D eigenvalue weighted by Gasteiger charge is -2.15. The Balaban J connectivity index is 2.01. The number of amides is 1. The smallest absolute Gasteiger partial charge is 0.434 e. The number of benzene rings is 2. The first-order valence-electron chi connectivity index (χ1n) is 8.42. The van der Waals surface area contributed by atoms with E-state index in [0.717, 1.165) is 6.20 Å². The predicted molar refractivity (Wildman–Crippen MR) is 94.8 cm³/mol. The molecule has 0 saturated carbocycles. The van der Waals surface area contributed by atoms with Gasteiger partial charge in [-0.15, -0.1) is 0 Å². The Morgan fingerprint density at radius 1 is 1.18 bits per heavy atom. The first kappa shape index (κ1) is 18.0. The molecule has 0 radical (unpaired) electrons. The molecular formula is C19H14F3N3O3. The molecule has 2 heterocycles. The van der Waals surface area contributed by atoms with Crippen molar-refractivity contribution < 1.29 is 27.5 Å². The molecule has 0 spiro atoms. The number of hydrogen-bond acceptors (Lipinski definition) is 4. The van der Waals surface area contributed by atoms with Gasteiger partial charge in [0.2, 0.25) is 0 Å². The molecule has 1 aliphatic rings. The van der Waals surface area contributed by atoms with Gasteiger partial charge < -0.3 is 9.64 Å². The minimum absolute atomic E-state index is 0.0588. The highest BCUT2D eigenvalue weighted by Gasteiger charge is 2.41. The maximum absolute atomic E-state index is 13.8.